The fourth-order valence-electron chi connectivity index (χ4n) is 3.54. The van der Waals surface area contributed by atoms with Crippen LogP contribution < -0.4 is 14.8 Å². The minimum absolute atomic E-state index is 0.0575. The molecular weight excluding hydrogens is 420 g/mol. The van der Waals surface area contributed by atoms with Gasteiger partial charge in [-0.2, -0.15) is 4.98 Å². The van der Waals surface area contributed by atoms with Crippen molar-refractivity contribution in [3.8, 4) is 22.9 Å². The Hall–Kier alpha value is -3.39. The van der Waals surface area contributed by atoms with Crippen molar-refractivity contribution >= 4 is 5.91 Å². The molecule has 8 nitrogen and oxygen atoms in total. The molecule has 3 rings (SSSR count). The largest absolute Gasteiger partial charge is 0.493 e. The zero-order valence-corrected chi connectivity index (χ0v) is 19.9. The van der Waals surface area contributed by atoms with E-state index in [4.69, 9.17) is 14.0 Å². The summed E-state index contributed by atoms with van der Waals surface area (Å²) in [5.74, 6) is 2.00. The van der Waals surface area contributed by atoms with E-state index in [0.29, 0.717) is 36.2 Å². The summed E-state index contributed by atoms with van der Waals surface area (Å²) >= 11 is 0. The van der Waals surface area contributed by atoms with Crippen LogP contribution in [0.2, 0.25) is 0 Å². The average molecular weight is 453 g/mol. The summed E-state index contributed by atoms with van der Waals surface area (Å²) in [7, 11) is 7.18. The Morgan fingerprint density at radius 2 is 1.82 bits per heavy atom. The van der Waals surface area contributed by atoms with Crippen LogP contribution >= 0.6 is 0 Å². The highest BCUT2D eigenvalue weighted by Crippen LogP contribution is 2.31. The monoisotopic (exact) mass is 452 g/mol. The zero-order chi connectivity index (χ0) is 23.8. The molecule has 1 amide bonds. The van der Waals surface area contributed by atoms with Gasteiger partial charge in [-0.3, -0.25) is 4.79 Å². The lowest BCUT2D eigenvalue weighted by molar-refractivity contribution is -0.121. The molecule has 0 saturated carbocycles. The number of nitrogens with one attached hydrogen (secondary N) is 1. The van der Waals surface area contributed by atoms with Crippen LogP contribution in [0.15, 0.2) is 47.0 Å². The molecule has 0 aliphatic rings. The molecule has 1 N–H and O–H groups in total. The predicted molar refractivity (Wildman–Crippen MR) is 126 cm³/mol. The second-order valence-corrected chi connectivity index (χ2v) is 7.96. The molecule has 0 saturated heterocycles. The molecule has 1 unspecified atom stereocenters. The van der Waals surface area contributed by atoms with Crippen LogP contribution in [0, 0.1) is 0 Å². The van der Waals surface area contributed by atoms with Crippen LogP contribution in [0.5, 0.6) is 11.5 Å². The van der Waals surface area contributed by atoms with Crippen molar-refractivity contribution in [1.82, 2.24) is 20.4 Å². The van der Waals surface area contributed by atoms with Crippen molar-refractivity contribution in [3.05, 3.63) is 59.5 Å². The van der Waals surface area contributed by atoms with Crippen molar-refractivity contribution in [2.24, 2.45) is 0 Å². The first-order chi connectivity index (χ1) is 15.9. The smallest absolute Gasteiger partial charge is 0.227 e. The van der Waals surface area contributed by atoms with Crippen LogP contribution in [-0.4, -0.2) is 55.8 Å². The molecule has 0 fully saturated rings. The number of ether oxygens (including phenoxy) is 2. The Balaban J connectivity index is 1.55. The minimum Gasteiger partial charge on any atom is -0.493 e. The van der Waals surface area contributed by atoms with Gasteiger partial charge < -0.3 is 24.2 Å². The molecule has 0 aliphatic heterocycles. The fourth-order valence-corrected chi connectivity index (χ4v) is 3.54. The molecule has 8 heteroatoms. The highest BCUT2D eigenvalue weighted by atomic mass is 16.5. The first-order valence-electron chi connectivity index (χ1n) is 11.0. The maximum Gasteiger partial charge on any atom is 0.227 e. The van der Waals surface area contributed by atoms with Gasteiger partial charge in [0.1, 0.15) is 0 Å². The SMILES string of the molecule is CCc1ccc(C(CNC(=O)CCc2nc(-c3ccc(OC)c(OC)c3)no2)N(C)C)cc1. The molecule has 1 heterocycles. The molecule has 2 aromatic carbocycles. The number of carbonyl (C=O) groups is 1. The van der Waals surface area contributed by atoms with Crippen LogP contribution in [0.1, 0.15) is 36.4 Å². The van der Waals surface area contributed by atoms with Crippen LogP contribution in [0.4, 0.5) is 0 Å². The van der Waals surface area contributed by atoms with Crippen molar-refractivity contribution in [2.45, 2.75) is 32.2 Å². The Morgan fingerprint density at radius 1 is 1.09 bits per heavy atom. The average Bonchev–Trinajstić information content (AvgIpc) is 3.31. The molecule has 0 bridgehead atoms. The molecule has 176 valence electrons. The Morgan fingerprint density at radius 3 is 2.45 bits per heavy atom. The van der Waals surface area contributed by atoms with Gasteiger partial charge >= 0.3 is 0 Å². The number of amides is 1. The molecule has 1 aromatic heterocycles. The van der Waals surface area contributed by atoms with Crippen molar-refractivity contribution in [3.63, 3.8) is 0 Å². The summed E-state index contributed by atoms with van der Waals surface area (Å²) < 4.78 is 15.9. The second kappa shape index (κ2) is 11.5. The third-order valence-electron chi connectivity index (χ3n) is 5.56. The third-order valence-corrected chi connectivity index (χ3v) is 5.56. The lowest BCUT2D eigenvalue weighted by Crippen LogP contribution is -2.34. The van der Waals surface area contributed by atoms with Crippen LogP contribution in [0.3, 0.4) is 0 Å². The number of aromatic nitrogens is 2. The maximum absolute atomic E-state index is 12.5. The number of hydrogen-bond acceptors (Lipinski definition) is 7. The first-order valence-corrected chi connectivity index (χ1v) is 11.0. The number of likely N-dealkylation sites (N-methyl/N-ethyl adjacent to an activating group) is 1. The molecule has 33 heavy (non-hydrogen) atoms. The first kappa shape index (κ1) is 24.3. The Bertz CT molecular complexity index is 1050. The van der Waals surface area contributed by atoms with E-state index in [9.17, 15) is 4.79 Å². The number of hydrogen-bond donors (Lipinski definition) is 1. The number of carbonyl (C=O) groups excluding carboxylic acids is 1. The molecule has 1 atom stereocenters. The fraction of sp³-hybridized carbons (Fsp3) is 0.400. The van der Waals surface area contributed by atoms with Gasteiger partial charge in [0.2, 0.25) is 17.6 Å². The van der Waals surface area contributed by atoms with Gasteiger partial charge in [0.25, 0.3) is 0 Å². The number of methoxy groups -OCH3 is 2. The van der Waals surface area contributed by atoms with Gasteiger partial charge in [-0.1, -0.05) is 36.3 Å². The van der Waals surface area contributed by atoms with Crippen molar-refractivity contribution in [2.75, 3.05) is 34.9 Å². The van der Waals surface area contributed by atoms with E-state index in [1.807, 2.05) is 20.2 Å². The minimum atomic E-state index is -0.0575. The van der Waals surface area contributed by atoms with E-state index in [1.165, 1.54) is 11.1 Å². The summed E-state index contributed by atoms with van der Waals surface area (Å²) in [4.78, 5) is 19.0. The Kier molecular flexibility index (Phi) is 8.43. The summed E-state index contributed by atoms with van der Waals surface area (Å²) in [6, 6.07) is 14.0. The summed E-state index contributed by atoms with van der Waals surface area (Å²) in [6.45, 7) is 2.66. The zero-order valence-electron chi connectivity index (χ0n) is 19.9. The third kappa shape index (κ3) is 6.32. The maximum atomic E-state index is 12.5. The van der Waals surface area contributed by atoms with Gasteiger partial charge in [0, 0.05) is 24.9 Å². The van der Waals surface area contributed by atoms with E-state index >= 15 is 0 Å². The van der Waals surface area contributed by atoms with Gasteiger partial charge in [-0.05, 0) is 49.8 Å². The molecule has 0 spiro atoms. The number of rotatable bonds is 11. The van der Waals surface area contributed by atoms with Gasteiger partial charge in [0.15, 0.2) is 11.5 Å². The van der Waals surface area contributed by atoms with Gasteiger partial charge in [-0.25, -0.2) is 0 Å². The molecule has 0 radical (unpaired) electrons. The molecule has 0 aliphatic carbocycles. The second-order valence-electron chi connectivity index (χ2n) is 7.96. The van der Waals surface area contributed by atoms with E-state index in [2.05, 4.69) is 51.5 Å². The summed E-state index contributed by atoms with van der Waals surface area (Å²) in [6.07, 6.45) is 1.64. The molecule has 3 aromatic rings. The standard InChI is InChI=1S/C25H32N4O4/c1-6-17-7-9-18(10-8-17)20(29(2)3)16-26-23(30)13-14-24-27-25(28-33-24)19-11-12-21(31-4)22(15-19)32-5/h7-12,15,20H,6,13-14,16H2,1-5H3,(H,26,30). The van der Waals surface area contributed by atoms with E-state index in [1.54, 1.807) is 26.4 Å². The highest BCUT2D eigenvalue weighted by Gasteiger charge is 2.17. The van der Waals surface area contributed by atoms with Gasteiger partial charge in [0.05, 0.1) is 20.3 Å². The van der Waals surface area contributed by atoms with Crippen LogP contribution in [-0.2, 0) is 17.6 Å². The lowest BCUT2D eigenvalue weighted by atomic mass is 10.0. The topological polar surface area (TPSA) is 89.7 Å². The number of benzene rings is 2. The van der Waals surface area contributed by atoms with E-state index < -0.39 is 0 Å². The van der Waals surface area contributed by atoms with E-state index in [-0.39, 0.29) is 18.4 Å². The molecular formula is C25H32N4O4. The highest BCUT2D eigenvalue weighted by molar-refractivity contribution is 5.76. The van der Waals surface area contributed by atoms with Crippen molar-refractivity contribution < 1.29 is 18.8 Å². The Labute approximate surface area is 194 Å². The number of aryl methyl sites for hydroxylation is 2. The summed E-state index contributed by atoms with van der Waals surface area (Å²) in [5, 5.41) is 7.05. The van der Waals surface area contributed by atoms with Gasteiger partial charge in [-0.15, -0.1) is 0 Å². The normalized spacial score (nSPS) is 11.9. The van der Waals surface area contributed by atoms with Crippen molar-refractivity contribution in [1.29, 1.82) is 0 Å². The van der Waals surface area contributed by atoms with Crippen LogP contribution in [0.25, 0.3) is 11.4 Å². The predicted octanol–water partition coefficient (Wildman–Crippen LogP) is 3.67. The van der Waals surface area contributed by atoms with E-state index in [0.717, 1.165) is 12.0 Å². The summed E-state index contributed by atoms with van der Waals surface area (Å²) in [5.41, 5.74) is 3.22. The quantitative estimate of drug-likeness (QED) is 0.475. The number of nitrogens with zero attached hydrogens (tertiary/aromatic N) is 3. The lowest BCUT2D eigenvalue weighted by Gasteiger charge is -2.25.